The monoisotopic (exact) mass is 384 g/mol. The van der Waals surface area contributed by atoms with Gasteiger partial charge in [0, 0.05) is 17.7 Å². The van der Waals surface area contributed by atoms with E-state index in [1.807, 2.05) is 39.0 Å². The predicted octanol–water partition coefficient (Wildman–Crippen LogP) is 3.49. The highest BCUT2D eigenvalue weighted by molar-refractivity contribution is 8.14. The number of aliphatic imine (C=N–C) groups is 1. The number of methoxy groups -OCH3 is 1. The molecule has 7 nitrogen and oxygen atoms in total. The van der Waals surface area contributed by atoms with E-state index in [0.717, 1.165) is 10.4 Å². The summed E-state index contributed by atoms with van der Waals surface area (Å²) in [7, 11) is 1.58. The van der Waals surface area contributed by atoms with Gasteiger partial charge in [0.05, 0.1) is 28.5 Å². The number of thioether (sulfide) groups is 1. The molecule has 0 amide bonds. The largest absolute Gasteiger partial charge is 0.497 e. The minimum atomic E-state index is -0.406. The van der Waals surface area contributed by atoms with E-state index in [1.165, 1.54) is 11.8 Å². The van der Waals surface area contributed by atoms with E-state index in [1.54, 1.807) is 17.9 Å². The molecule has 0 saturated heterocycles. The van der Waals surface area contributed by atoms with Crippen molar-refractivity contribution in [3.05, 3.63) is 56.1 Å². The van der Waals surface area contributed by atoms with Crippen LogP contribution < -0.4 is 15.9 Å². The van der Waals surface area contributed by atoms with Crippen LogP contribution in [-0.2, 0) is 0 Å². The number of rotatable bonds is 3. The van der Waals surface area contributed by atoms with Crippen LogP contribution in [0.15, 0.2) is 38.8 Å². The number of fused-ring (bicyclic) bond motifs is 2. The fourth-order valence-electron chi connectivity index (χ4n) is 3.32. The summed E-state index contributed by atoms with van der Waals surface area (Å²) >= 11 is 1.42. The topological polar surface area (TPSA) is 92.2 Å². The summed E-state index contributed by atoms with van der Waals surface area (Å²) in [6.45, 7) is 5.85. The van der Waals surface area contributed by atoms with E-state index in [9.17, 15) is 9.59 Å². The van der Waals surface area contributed by atoms with Gasteiger partial charge >= 0.3 is 0 Å². The van der Waals surface area contributed by atoms with Crippen LogP contribution in [-0.4, -0.2) is 26.9 Å². The maximum Gasteiger partial charge on any atom is 0.271 e. The first-order chi connectivity index (χ1) is 12.9. The molecular weight excluding hydrogens is 364 g/mol. The van der Waals surface area contributed by atoms with Gasteiger partial charge in [-0.1, -0.05) is 11.8 Å². The quantitative estimate of drug-likeness (QED) is 0.723. The first-order valence-corrected chi connectivity index (χ1v) is 9.54. The minimum Gasteiger partial charge on any atom is -0.497 e. The molecule has 140 valence electrons. The Bertz CT molecular complexity index is 1190. The van der Waals surface area contributed by atoms with Gasteiger partial charge in [0.1, 0.15) is 5.75 Å². The Balaban J connectivity index is 1.93. The van der Waals surface area contributed by atoms with Gasteiger partial charge in [-0.2, -0.15) is 0 Å². The van der Waals surface area contributed by atoms with Crippen LogP contribution in [0, 0.1) is 0 Å². The fraction of sp³-hybridized carbons (Fsp3) is 0.316. The first kappa shape index (κ1) is 17.7. The van der Waals surface area contributed by atoms with E-state index in [2.05, 4.69) is 15.1 Å². The van der Waals surface area contributed by atoms with Crippen LogP contribution >= 0.6 is 11.8 Å². The second-order valence-electron chi connectivity index (χ2n) is 6.78. The van der Waals surface area contributed by atoms with Gasteiger partial charge in [0.15, 0.2) is 5.82 Å². The molecule has 8 heteroatoms. The molecule has 4 rings (SSSR count). The summed E-state index contributed by atoms with van der Waals surface area (Å²) in [5.74, 6) is 1.28. The third kappa shape index (κ3) is 2.90. The van der Waals surface area contributed by atoms with Crippen molar-refractivity contribution in [1.29, 1.82) is 0 Å². The number of H-pyrrole nitrogens is 2. The highest BCUT2D eigenvalue weighted by Crippen LogP contribution is 2.43. The number of nitrogens with zero attached hydrogens (tertiary/aromatic N) is 2. The van der Waals surface area contributed by atoms with Gasteiger partial charge in [-0.3, -0.25) is 19.4 Å². The number of hydrogen-bond donors (Lipinski definition) is 2. The zero-order valence-corrected chi connectivity index (χ0v) is 16.3. The molecule has 0 fully saturated rings. The molecule has 3 aromatic rings. The number of nitrogens with one attached hydrogen (secondary N) is 2. The van der Waals surface area contributed by atoms with Gasteiger partial charge in [0.25, 0.3) is 11.1 Å². The summed E-state index contributed by atoms with van der Waals surface area (Å²) in [5, 5.41) is 4.15. The van der Waals surface area contributed by atoms with Crippen LogP contribution in [0.4, 0.5) is 5.82 Å². The Kier molecular flexibility index (Phi) is 4.22. The lowest BCUT2D eigenvalue weighted by molar-refractivity contribution is 0.415. The van der Waals surface area contributed by atoms with Gasteiger partial charge < -0.3 is 9.72 Å². The smallest absolute Gasteiger partial charge is 0.271 e. The normalized spacial score (nSPS) is 16.5. The first-order valence-electron chi connectivity index (χ1n) is 8.66. The van der Waals surface area contributed by atoms with Crippen LogP contribution in [0.2, 0.25) is 0 Å². The molecule has 2 N–H and O–H groups in total. The van der Waals surface area contributed by atoms with Gasteiger partial charge in [-0.05, 0) is 44.4 Å². The third-order valence-electron chi connectivity index (χ3n) is 4.63. The van der Waals surface area contributed by atoms with Crippen molar-refractivity contribution in [3.63, 3.8) is 0 Å². The Morgan fingerprint density at radius 2 is 2.00 bits per heavy atom. The van der Waals surface area contributed by atoms with Gasteiger partial charge in [0.2, 0.25) is 0 Å². The van der Waals surface area contributed by atoms with Crippen molar-refractivity contribution in [2.24, 2.45) is 4.99 Å². The van der Waals surface area contributed by atoms with Crippen molar-refractivity contribution < 1.29 is 4.74 Å². The van der Waals surface area contributed by atoms with Crippen molar-refractivity contribution in [3.8, 4) is 5.75 Å². The van der Waals surface area contributed by atoms with Gasteiger partial charge in [-0.25, -0.2) is 4.99 Å². The number of aromatic amines is 2. The number of ether oxygens (including phenoxy) is 1. The summed E-state index contributed by atoms with van der Waals surface area (Å²) in [5.41, 5.74) is 1.34. The number of aromatic nitrogens is 3. The molecule has 1 atom stereocenters. The molecule has 1 aromatic carbocycles. The van der Waals surface area contributed by atoms with Crippen molar-refractivity contribution in [2.75, 3.05) is 7.11 Å². The summed E-state index contributed by atoms with van der Waals surface area (Å²) in [4.78, 5) is 33.0. The van der Waals surface area contributed by atoms with E-state index < -0.39 is 5.25 Å². The molecule has 0 saturated carbocycles. The third-order valence-corrected chi connectivity index (χ3v) is 5.79. The molecule has 1 aliphatic rings. The molecular formula is C19H20N4O3S. The van der Waals surface area contributed by atoms with E-state index in [4.69, 9.17) is 4.74 Å². The Morgan fingerprint density at radius 1 is 1.22 bits per heavy atom. The molecule has 0 unspecified atom stereocenters. The maximum absolute atomic E-state index is 12.8. The average molecular weight is 384 g/mol. The number of benzene rings is 1. The molecule has 3 heterocycles. The van der Waals surface area contributed by atoms with E-state index in [-0.39, 0.29) is 17.2 Å². The fourth-order valence-corrected chi connectivity index (χ4v) is 4.43. The van der Waals surface area contributed by atoms with Gasteiger partial charge in [-0.15, -0.1) is 0 Å². The molecule has 0 radical (unpaired) electrons. The molecule has 0 spiro atoms. The summed E-state index contributed by atoms with van der Waals surface area (Å²) < 4.78 is 6.98. The highest BCUT2D eigenvalue weighted by Gasteiger charge is 2.32. The zero-order chi connectivity index (χ0) is 19.3. The highest BCUT2D eigenvalue weighted by atomic mass is 32.2. The Morgan fingerprint density at radius 3 is 2.70 bits per heavy atom. The summed E-state index contributed by atoms with van der Waals surface area (Å²) in [6, 6.07) is 7.43. The van der Waals surface area contributed by atoms with E-state index >= 15 is 0 Å². The van der Waals surface area contributed by atoms with Crippen LogP contribution in [0.1, 0.15) is 43.2 Å². The zero-order valence-electron chi connectivity index (χ0n) is 15.5. The number of pyridine rings is 1. The Labute approximate surface area is 159 Å². The maximum atomic E-state index is 12.8. The Hall–Kier alpha value is -2.74. The summed E-state index contributed by atoms with van der Waals surface area (Å²) in [6.07, 6.45) is 0. The molecule has 2 aromatic heterocycles. The van der Waals surface area contributed by atoms with E-state index in [0.29, 0.717) is 28.2 Å². The molecule has 0 bridgehead atoms. The van der Waals surface area contributed by atoms with Crippen LogP contribution in [0.25, 0.3) is 10.9 Å². The SMILES string of the molecule is COc1ccc2cc([C@H]3SC(C)=Nc4c3c(=O)[nH]n4C(C)C)c(=O)[nH]c2c1. The lowest BCUT2D eigenvalue weighted by Crippen LogP contribution is -2.21. The molecule has 27 heavy (non-hydrogen) atoms. The standard InChI is InChI=1S/C19H20N4O3S/c1-9(2)23-17-15(19(25)22-23)16(27-10(3)20-17)13-7-11-5-6-12(26-4)8-14(11)21-18(13)24/h5-9,16H,1-4H3,(H,21,24)(H,22,25)/t16-/m1/s1. The van der Waals surface area contributed by atoms with Crippen molar-refractivity contribution in [2.45, 2.75) is 32.1 Å². The van der Waals surface area contributed by atoms with Crippen LogP contribution in [0.5, 0.6) is 5.75 Å². The lowest BCUT2D eigenvalue weighted by atomic mass is 10.1. The minimum absolute atomic E-state index is 0.0594. The van der Waals surface area contributed by atoms with Crippen molar-refractivity contribution >= 4 is 33.5 Å². The van der Waals surface area contributed by atoms with Crippen molar-refractivity contribution in [1.82, 2.24) is 14.8 Å². The molecule has 0 aliphatic carbocycles. The molecule has 1 aliphatic heterocycles. The second kappa shape index (κ2) is 6.45. The average Bonchev–Trinajstić information content (AvgIpc) is 2.96. The predicted molar refractivity (Wildman–Crippen MR) is 109 cm³/mol. The lowest BCUT2D eigenvalue weighted by Gasteiger charge is -2.21. The second-order valence-corrected chi connectivity index (χ2v) is 8.08. The number of hydrogen-bond acceptors (Lipinski definition) is 5. The van der Waals surface area contributed by atoms with Crippen LogP contribution in [0.3, 0.4) is 0 Å².